The van der Waals surface area contributed by atoms with Crippen molar-refractivity contribution in [2.75, 3.05) is 0 Å². The van der Waals surface area contributed by atoms with Gasteiger partial charge in [0, 0.05) is 16.0 Å². The minimum absolute atomic E-state index is 0.243. The van der Waals surface area contributed by atoms with Crippen LogP contribution in [-0.4, -0.2) is 5.11 Å². The number of thiophene rings is 1. The summed E-state index contributed by atoms with van der Waals surface area (Å²) in [7, 11) is 0. The van der Waals surface area contributed by atoms with Crippen molar-refractivity contribution in [1.29, 1.82) is 0 Å². The standard InChI is InChI=1S/C14H13FOS/c1-2-3-4-5-12(16)14-8-10-6-7-11(15)9-13(10)17-14/h1,6-9,12,16H,3-5H2. The second-order valence-corrected chi connectivity index (χ2v) is 5.06. The van der Waals surface area contributed by atoms with Crippen molar-refractivity contribution in [1.82, 2.24) is 0 Å². The highest BCUT2D eigenvalue weighted by Crippen LogP contribution is 2.32. The van der Waals surface area contributed by atoms with Crippen molar-refractivity contribution in [2.45, 2.75) is 25.4 Å². The molecule has 1 atom stereocenters. The summed E-state index contributed by atoms with van der Waals surface area (Å²) >= 11 is 1.44. The molecule has 0 spiro atoms. The van der Waals surface area contributed by atoms with Crippen LogP contribution in [0.15, 0.2) is 24.3 Å². The Kier molecular flexibility index (Phi) is 3.78. The Balaban J connectivity index is 2.16. The molecule has 2 rings (SSSR count). The Hall–Kier alpha value is -1.37. The van der Waals surface area contributed by atoms with Crippen molar-refractivity contribution in [3.63, 3.8) is 0 Å². The van der Waals surface area contributed by atoms with E-state index in [2.05, 4.69) is 5.92 Å². The molecular weight excluding hydrogens is 235 g/mol. The van der Waals surface area contributed by atoms with E-state index in [9.17, 15) is 9.50 Å². The topological polar surface area (TPSA) is 20.2 Å². The van der Waals surface area contributed by atoms with Gasteiger partial charge in [0.2, 0.25) is 0 Å². The maximum atomic E-state index is 13.0. The largest absolute Gasteiger partial charge is 0.388 e. The van der Waals surface area contributed by atoms with Crippen LogP contribution in [0, 0.1) is 18.2 Å². The lowest BCUT2D eigenvalue weighted by Crippen LogP contribution is -1.93. The van der Waals surface area contributed by atoms with Crippen molar-refractivity contribution in [3.8, 4) is 12.3 Å². The van der Waals surface area contributed by atoms with Crippen LogP contribution < -0.4 is 0 Å². The van der Waals surface area contributed by atoms with E-state index in [1.807, 2.05) is 6.07 Å². The maximum absolute atomic E-state index is 13.0. The Morgan fingerprint density at radius 1 is 1.41 bits per heavy atom. The molecule has 0 fully saturated rings. The number of unbranched alkanes of at least 4 members (excludes halogenated alkanes) is 1. The van der Waals surface area contributed by atoms with Gasteiger partial charge < -0.3 is 5.11 Å². The number of fused-ring (bicyclic) bond motifs is 1. The third kappa shape index (κ3) is 2.85. The van der Waals surface area contributed by atoms with Crippen LogP contribution in [0.25, 0.3) is 10.1 Å². The van der Waals surface area contributed by atoms with Crippen LogP contribution in [0.2, 0.25) is 0 Å². The lowest BCUT2D eigenvalue weighted by atomic mass is 10.1. The van der Waals surface area contributed by atoms with E-state index in [4.69, 9.17) is 6.42 Å². The third-order valence-electron chi connectivity index (χ3n) is 2.63. The van der Waals surface area contributed by atoms with Gasteiger partial charge in [0.1, 0.15) is 5.82 Å². The summed E-state index contributed by atoms with van der Waals surface area (Å²) in [5.74, 6) is 2.31. The summed E-state index contributed by atoms with van der Waals surface area (Å²) < 4.78 is 13.9. The fourth-order valence-electron chi connectivity index (χ4n) is 1.73. The first-order valence-corrected chi connectivity index (χ1v) is 6.33. The number of rotatable bonds is 4. The van der Waals surface area contributed by atoms with E-state index in [0.29, 0.717) is 12.8 Å². The summed E-state index contributed by atoms with van der Waals surface area (Å²) in [5.41, 5.74) is 0. The number of terminal acetylenes is 1. The van der Waals surface area contributed by atoms with Crippen LogP contribution in [0.1, 0.15) is 30.2 Å². The smallest absolute Gasteiger partial charge is 0.124 e. The minimum Gasteiger partial charge on any atom is -0.388 e. The molecule has 1 N–H and O–H groups in total. The highest BCUT2D eigenvalue weighted by Gasteiger charge is 2.11. The molecule has 0 aliphatic heterocycles. The van der Waals surface area contributed by atoms with Gasteiger partial charge >= 0.3 is 0 Å². The summed E-state index contributed by atoms with van der Waals surface area (Å²) in [6.45, 7) is 0. The SMILES string of the molecule is C#CCCCC(O)c1cc2ccc(F)cc2s1. The molecule has 0 aliphatic carbocycles. The first kappa shape index (κ1) is 12.1. The van der Waals surface area contributed by atoms with Gasteiger partial charge in [0.15, 0.2) is 0 Å². The average Bonchev–Trinajstić information content (AvgIpc) is 2.72. The second kappa shape index (κ2) is 5.31. The predicted molar refractivity (Wildman–Crippen MR) is 69.4 cm³/mol. The maximum Gasteiger partial charge on any atom is 0.124 e. The number of benzene rings is 1. The van der Waals surface area contributed by atoms with Crippen LogP contribution in [0.4, 0.5) is 4.39 Å². The number of aliphatic hydroxyl groups is 1. The van der Waals surface area contributed by atoms with E-state index in [-0.39, 0.29) is 5.82 Å². The summed E-state index contributed by atoms with van der Waals surface area (Å²) in [6.07, 6.45) is 6.80. The van der Waals surface area contributed by atoms with E-state index in [0.717, 1.165) is 21.4 Å². The summed E-state index contributed by atoms with van der Waals surface area (Å²) in [4.78, 5) is 0.877. The van der Waals surface area contributed by atoms with E-state index >= 15 is 0 Å². The van der Waals surface area contributed by atoms with Crippen LogP contribution in [0.3, 0.4) is 0 Å². The molecule has 0 saturated heterocycles. The van der Waals surface area contributed by atoms with Crippen LogP contribution in [-0.2, 0) is 0 Å². The van der Waals surface area contributed by atoms with Gasteiger partial charge in [0.25, 0.3) is 0 Å². The van der Waals surface area contributed by atoms with Gasteiger partial charge in [0.05, 0.1) is 6.10 Å². The van der Waals surface area contributed by atoms with Gasteiger partial charge in [-0.25, -0.2) is 4.39 Å². The zero-order chi connectivity index (χ0) is 12.3. The lowest BCUT2D eigenvalue weighted by molar-refractivity contribution is 0.169. The molecule has 1 unspecified atom stereocenters. The molecular formula is C14H13FOS. The van der Waals surface area contributed by atoms with Crippen molar-refractivity contribution in [3.05, 3.63) is 35.0 Å². The summed E-state index contributed by atoms with van der Waals surface area (Å²) in [5, 5.41) is 10.9. The molecule has 88 valence electrons. The fraction of sp³-hybridized carbons (Fsp3) is 0.286. The lowest BCUT2D eigenvalue weighted by Gasteiger charge is -2.05. The zero-order valence-electron chi connectivity index (χ0n) is 9.32. The fourth-order valence-corrected chi connectivity index (χ4v) is 2.84. The van der Waals surface area contributed by atoms with Gasteiger partial charge in [-0.1, -0.05) is 6.07 Å². The van der Waals surface area contributed by atoms with Crippen LogP contribution in [0.5, 0.6) is 0 Å². The number of halogens is 1. The Morgan fingerprint density at radius 2 is 2.24 bits per heavy atom. The highest BCUT2D eigenvalue weighted by atomic mass is 32.1. The van der Waals surface area contributed by atoms with Gasteiger partial charge in [-0.15, -0.1) is 23.7 Å². The molecule has 0 saturated carbocycles. The predicted octanol–water partition coefficient (Wildman–Crippen LogP) is 3.88. The zero-order valence-corrected chi connectivity index (χ0v) is 10.1. The van der Waals surface area contributed by atoms with E-state index in [1.54, 1.807) is 6.07 Å². The molecule has 0 bridgehead atoms. The van der Waals surface area contributed by atoms with Gasteiger partial charge in [-0.05, 0) is 36.4 Å². The first-order valence-electron chi connectivity index (χ1n) is 5.51. The number of hydrogen-bond acceptors (Lipinski definition) is 2. The van der Waals surface area contributed by atoms with Crippen molar-refractivity contribution < 1.29 is 9.50 Å². The van der Waals surface area contributed by atoms with Crippen molar-refractivity contribution >= 4 is 21.4 Å². The molecule has 0 radical (unpaired) electrons. The molecule has 2 aromatic rings. The van der Waals surface area contributed by atoms with E-state index < -0.39 is 6.10 Å². The summed E-state index contributed by atoms with van der Waals surface area (Å²) in [6, 6.07) is 6.58. The molecule has 0 aliphatic rings. The van der Waals surface area contributed by atoms with Crippen LogP contribution >= 0.6 is 11.3 Å². The Bertz CT molecular complexity index is 553. The van der Waals surface area contributed by atoms with E-state index in [1.165, 1.54) is 23.5 Å². The first-order chi connectivity index (χ1) is 8.20. The molecule has 1 nitrogen and oxygen atoms in total. The molecule has 17 heavy (non-hydrogen) atoms. The van der Waals surface area contributed by atoms with Gasteiger partial charge in [-0.3, -0.25) is 0 Å². The molecule has 3 heteroatoms. The molecule has 0 amide bonds. The second-order valence-electron chi connectivity index (χ2n) is 3.94. The number of hydrogen-bond donors (Lipinski definition) is 1. The average molecular weight is 248 g/mol. The minimum atomic E-state index is -0.496. The monoisotopic (exact) mass is 248 g/mol. The Labute approximate surface area is 104 Å². The molecule has 1 aromatic carbocycles. The molecule has 1 heterocycles. The quantitative estimate of drug-likeness (QED) is 0.643. The van der Waals surface area contributed by atoms with Crippen molar-refractivity contribution in [2.24, 2.45) is 0 Å². The molecule has 1 aromatic heterocycles. The third-order valence-corrected chi connectivity index (χ3v) is 3.83. The highest BCUT2D eigenvalue weighted by molar-refractivity contribution is 7.19. The number of aliphatic hydroxyl groups excluding tert-OH is 1. The Morgan fingerprint density at radius 3 is 3.00 bits per heavy atom. The van der Waals surface area contributed by atoms with Gasteiger partial charge in [-0.2, -0.15) is 0 Å². The normalized spacial score (nSPS) is 12.5.